The van der Waals surface area contributed by atoms with Gasteiger partial charge in [-0.05, 0) is 37.1 Å². The van der Waals surface area contributed by atoms with E-state index in [4.69, 9.17) is 11.6 Å². The van der Waals surface area contributed by atoms with Crippen molar-refractivity contribution in [3.8, 4) is 11.4 Å². The van der Waals surface area contributed by atoms with E-state index in [-0.39, 0.29) is 24.3 Å². The van der Waals surface area contributed by atoms with Crippen molar-refractivity contribution in [3.05, 3.63) is 34.0 Å². The molecule has 1 aromatic carbocycles. The molecule has 0 atom stereocenters. The molecule has 0 fully saturated rings. The Labute approximate surface area is 185 Å². The highest BCUT2D eigenvalue weighted by Gasteiger charge is 2.25. The summed E-state index contributed by atoms with van der Waals surface area (Å²) in [6, 6.07) is 3.32. The molecule has 0 unspecified atom stereocenters. The molecule has 0 saturated carbocycles. The summed E-state index contributed by atoms with van der Waals surface area (Å²) in [5.41, 5.74) is 4.64. The van der Waals surface area contributed by atoms with Gasteiger partial charge in [0.05, 0.1) is 19.2 Å². The fraction of sp³-hybridized carbons (Fsp3) is 0.429. The van der Waals surface area contributed by atoms with Crippen LogP contribution in [0, 0.1) is 13.8 Å². The smallest absolute Gasteiger partial charge is 0.319 e. The first-order valence-corrected chi connectivity index (χ1v) is 10.3. The number of ether oxygens (including phenoxy) is 1. The lowest BCUT2D eigenvalue weighted by atomic mass is 9.92. The van der Waals surface area contributed by atoms with Gasteiger partial charge in [0, 0.05) is 23.2 Å². The number of aryl methyl sites for hydroxylation is 2. The summed E-state index contributed by atoms with van der Waals surface area (Å²) in [4.78, 5) is 26.5. The summed E-state index contributed by atoms with van der Waals surface area (Å²) in [7, 11) is 1.31. The molecule has 3 aromatic rings. The van der Waals surface area contributed by atoms with Crippen LogP contribution >= 0.6 is 11.6 Å². The van der Waals surface area contributed by atoms with Crippen LogP contribution < -0.4 is 10.6 Å². The molecule has 0 bridgehead atoms. The minimum Gasteiger partial charge on any atom is -0.469 e. The number of H-pyrrole nitrogens is 1. The van der Waals surface area contributed by atoms with Crippen LogP contribution in [0.15, 0.2) is 12.1 Å². The highest BCUT2D eigenvalue weighted by Crippen LogP contribution is 2.33. The molecule has 2 heterocycles. The zero-order chi connectivity index (χ0) is 22.9. The maximum atomic E-state index is 12.1. The number of rotatable bonds is 5. The first-order valence-electron chi connectivity index (χ1n) is 9.89. The number of aromatic amines is 1. The van der Waals surface area contributed by atoms with Crippen LogP contribution in [0.25, 0.3) is 17.0 Å². The van der Waals surface area contributed by atoms with Crippen LogP contribution in [-0.4, -0.2) is 45.5 Å². The maximum absolute atomic E-state index is 12.1. The lowest BCUT2D eigenvalue weighted by Gasteiger charge is -2.15. The first-order chi connectivity index (χ1) is 14.5. The number of hydrogen-bond donors (Lipinski definition) is 3. The predicted molar refractivity (Wildman–Crippen MR) is 120 cm³/mol. The third kappa shape index (κ3) is 4.82. The summed E-state index contributed by atoms with van der Waals surface area (Å²) in [5.74, 6) is 0.268. The van der Waals surface area contributed by atoms with E-state index in [9.17, 15) is 9.59 Å². The molecule has 0 radical (unpaired) electrons. The van der Waals surface area contributed by atoms with Gasteiger partial charge in [-0.1, -0.05) is 32.4 Å². The van der Waals surface area contributed by atoms with E-state index in [1.54, 1.807) is 0 Å². The quantitative estimate of drug-likeness (QED) is 0.513. The number of methoxy groups -OCH3 is 1. The molecule has 3 N–H and O–H groups in total. The van der Waals surface area contributed by atoms with Crippen LogP contribution in [0.5, 0.6) is 0 Å². The molecule has 0 aliphatic carbocycles. The number of carbonyl (C=O) groups is 2. The van der Waals surface area contributed by atoms with Gasteiger partial charge < -0.3 is 20.4 Å². The molecule has 2 aromatic heterocycles. The molecule has 31 heavy (non-hydrogen) atoms. The number of esters is 1. The molecular weight excluding hydrogens is 420 g/mol. The summed E-state index contributed by atoms with van der Waals surface area (Å²) in [6.45, 7) is 10.2. The molecule has 0 aliphatic heterocycles. The molecule has 0 spiro atoms. The Morgan fingerprint density at radius 3 is 2.39 bits per heavy atom. The summed E-state index contributed by atoms with van der Waals surface area (Å²) in [6.07, 6.45) is 0.112. The number of halogens is 1. The van der Waals surface area contributed by atoms with Crippen molar-refractivity contribution < 1.29 is 14.3 Å². The van der Waals surface area contributed by atoms with Crippen LogP contribution in [0.2, 0.25) is 5.02 Å². The molecule has 2 amide bonds. The van der Waals surface area contributed by atoms with Gasteiger partial charge in [0.25, 0.3) is 0 Å². The number of fused-ring (bicyclic) bond motifs is 1. The van der Waals surface area contributed by atoms with Gasteiger partial charge in [-0.25, -0.2) is 4.79 Å². The number of urea groups is 1. The van der Waals surface area contributed by atoms with Gasteiger partial charge in [0.1, 0.15) is 5.02 Å². The van der Waals surface area contributed by atoms with E-state index in [1.165, 1.54) is 11.7 Å². The number of amides is 2. The number of anilines is 1. The second kappa shape index (κ2) is 8.58. The molecule has 0 aliphatic rings. The van der Waals surface area contributed by atoms with E-state index in [0.717, 1.165) is 22.4 Å². The Kier molecular flexibility index (Phi) is 6.26. The van der Waals surface area contributed by atoms with Crippen LogP contribution in [0.1, 0.15) is 44.0 Å². The van der Waals surface area contributed by atoms with E-state index in [1.807, 2.05) is 46.8 Å². The van der Waals surface area contributed by atoms with Crippen LogP contribution in [0.3, 0.4) is 0 Å². The molecule has 3 rings (SSSR count). The summed E-state index contributed by atoms with van der Waals surface area (Å²) >= 11 is 6.54. The first kappa shape index (κ1) is 22.6. The number of benzene rings is 1. The number of nitrogens with one attached hydrogen (secondary N) is 3. The fourth-order valence-corrected chi connectivity index (χ4v) is 3.80. The summed E-state index contributed by atoms with van der Waals surface area (Å²) < 4.78 is 6.08. The SMILES string of the molecule is COC(=O)CCNC(=O)Nc1cc(C)c(-c2nn3nc(C(C)(C)C)c(Cl)c3[nH]2)c(C)c1. The maximum Gasteiger partial charge on any atom is 0.319 e. The van der Waals surface area contributed by atoms with E-state index in [2.05, 4.69) is 30.6 Å². The Balaban J connectivity index is 1.81. The average molecular weight is 447 g/mol. The monoisotopic (exact) mass is 446 g/mol. The van der Waals surface area contributed by atoms with Gasteiger partial charge in [0.15, 0.2) is 11.5 Å². The standard InChI is InChI=1S/C21H27ClN6O3/c1-11-9-13(24-20(30)23-8-7-14(29)31-6)10-12(2)15(11)18-25-19-16(22)17(21(3,4)5)26-28(19)27-18/h9-10H,7-8H2,1-6H3,(H,25,27)(H2,23,24,30). The highest BCUT2D eigenvalue weighted by atomic mass is 35.5. The molecule has 166 valence electrons. The predicted octanol–water partition coefficient (Wildman–Crippen LogP) is 3.98. The minimum absolute atomic E-state index is 0.112. The van der Waals surface area contributed by atoms with Gasteiger partial charge in [-0.2, -0.15) is 5.10 Å². The third-order valence-corrected chi connectivity index (χ3v) is 5.18. The summed E-state index contributed by atoms with van der Waals surface area (Å²) in [5, 5.41) is 15.1. The second-order valence-corrected chi connectivity index (χ2v) is 8.79. The van der Waals surface area contributed by atoms with Crippen molar-refractivity contribution in [1.29, 1.82) is 0 Å². The van der Waals surface area contributed by atoms with Gasteiger partial charge >= 0.3 is 12.0 Å². The Hall–Kier alpha value is -3.07. The fourth-order valence-electron chi connectivity index (χ4n) is 3.35. The number of hydrogen-bond acceptors (Lipinski definition) is 5. The van der Waals surface area contributed by atoms with E-state index < -0.39 is 6.03 Å². The Bertz CT molecular complexity index is 1120. The van der Waals surface area contributed by atoms with Crippen LogP contribution in [-0.2, 0) is 14.9 Å². The average Bonchev–Trinajstić information content (AvgIpc) is 3.20. The number of aromatic nitrogens is 4. The topological polar surface area (TPSA) is 113 Å². The number of carbonyl (C=O) groups excluding carboxylic acids is 2. The number of nitrogens with zero attached hydrogens (tertiary/aromatic N) is 3. The van der Waals surface area contributed by atoms with E-state index in [0.29, 0.717) is 22.2 Å². The third-order valence-electron chi connectivity index (χ3n) is 4.82. The molecule has 10 heteroatoms. The van der Waals surface area contributed by atoms with Crippen molar-refractivity contribution in [3.63, 3.8) is 0 Å². The Morgan fingerprint density at radius 1 is 1.19 bits per heavy atom. The minimum atomic E-state index is -0.395. The van der Waals surface area contributed by atoms with Crippen molar-refractivity contribution in [2.75, 3.05) is 19.0 Å². The lowest BCUT2D eigenvalue weighted by Crippen LogP contribution is -2.30. The van der Waals surface area contributed by atoms with E-state index >= 15 is 0 Å². The molecular formula is C21H27ClN6O3. The van der Waals surface area contributed by atoms with Gasteiger partial charge in [0.2, 0.25) is 0 Å². The molecule has 9 nitrogen and oxygen atoms in total. The Morgan fingerprint density at radius 2 is 1.84 bits per heavy atom. The second-order valence-electron chi connectivity index (χ2n) is 8.42. The highest BCUT2D eigenvalue weighted by molar-refractivity contribution is 6.34. The zero-order valence-electron chi connectivity index (χ0n) is 18.5. The van der Waals surface area contributed by atoms with Crippen molar-refractivity contribution in [2.45, 2.75) is 46.5 Å². The zero-order valence-corrected chi connectivity index (χ0v) is 19.3. The normalized spacial score (nSPS) is 11.6. The van der Waals surface area contributed by atoms with Gasteiger partial charge in [-0.3, -0.25) is 4.79 Å². The molecule has 0 saturated heterocycles. The van der Waals surface area contributed by atoms with Crippen molar-refractivity contribution >= 4 is 34.9 Å². The van der Waals surface area contributed by atoms with Crippen LogP contribution in [0.4, 0.5) is 10.5 Å². The van der Waals surface area contributed by atoms with Crippen molar-refractivity contribution in [1.82, 2.24) is 25.1 Å². The van der Waals surface area contributed by atoms with Gasteiger partial charge in [-0.15, -0.1) is 9.73 Å². The lowest BCUT2D eigenvalue weighted by molar-refractivity contribution is -0.140. The van der Waals surface area contributed by atoms with Crippen molar-refractivity contribution in [2.24, 2.45) is 0 Å². The largest absolute Gasteiger partial charge is 0.469 e.